The van der Waals surface area contributed by atoms with Crippen molar-refractivity contribution < 1.29 is 9.21 Å². The van der Waals surface area contributed by atoms with Gasteiger partial charge in [-0.3, -0.25) is 4.79 Å². The monoisotopic (exact) mass is 270 g/mol. The van der Waals surface area contributed by atoms with Gasteiger partial charge in [0.2, 0.25) is 0 Å². The summed E-state index contributed by atoms with van der Waals surface area (Å²) in [6.07, 6.45) is 0.832. The van der Waals surface area contributed by atoms with Crippen LogP contribution in [0.4, 0.5) is 0 Å². The number of furan rings is 1. The Balaban J connectivity index is 2.24. The molecule has 0 amide bonds. The minimum absolute atomic E-state index is 0.591. The van der Waals surface area contributed by atoms with Gasteiger partial charge in [0.05, 0.1) is 5.02 Å². The van der Waals surface area contributed by atoms with Gasteiger partial charge in [0, 0.05) is 16.5 Å². The van der Waals surface area contributed by atoms with Crippen LogP contribution < -0.4 is 0 Å². The van der Waals surface area contributed by atoms with Gasteiger partial charge in [0.25, 0.3) is 0 Å². The summed E-state index contributed by atoms with van der Waals surface area (Å²) in [6, 6.07) is 13.1. The number of hydrogen-bond donors (Lipinski definition) is 0. The van der Waals surface area contributed by atoms with Crippen molar-refractivity contribution in [3.05, 3.63) is 58.6 Å². The van der Waals surface area contributed by atoms with Gasteiger partial charge in [0.15, 0.2) is 5.58 Å². The highest BCUT2D eigenvalue weighted by Crippen LogP contribution is 2.33. The number of hydrogen-bond acceptors (Lipinski definition) is 2. The number of aldehydes is 1. The normalized spacial score (nSPS) is 10.8. The Labute approximate surface area is 115 Å². The lowest BCUT2D eigenvalue weighted by Crippen LogP contribution is -1.85. The summed E-state index contributed by atoms with van der Waals surface area (Å²) in [6.45, 7) is 1.98. The van der Waals surface area contributed by atoms with Crippen LogP contribution in [0, 0.1) is 6.92 Å². The molecular formula is C16H11ClO2. The van der Waals surface area contributed by atoms with Crippen molar-refractivity contribution in [3.8, 4) is 11.3 Å². The molecule has 0 aliphatic heterocycles. The minimum Gasteiger partial charge on any atom is -0.455 e. The molecule has 0 aliphatic rings. The molecule has 0 unspecified atom stereocenters. The van der Waals surface area contributed by atoms with Crippen molar-refractivity contribution in [3.63, 3.8) is 0 Å². The fourth-order valence-corrected chi connectivity index (χ4v) is 2.36. The maximum atomic E-state index is 10.9. The standard InChI is InChI=1S/C16H11ClO2/c1-10-5-6-11(9-18)7-13(10)15-8-12-3-2-4-14(17)16(12)19-15/h2-9H,1H3. The van der Waals surface area contributed by atoms with Crippen LogP contribution >= 0.6 is 11.6 Å². The fourth-order valence-electron chi connectivity index (χ4n) is 2.14. The Bertz CT molecular complexity index is 772. The first-order chi connectivity index (χ1) is 9.19. The lowest BCUT2D eigenvalue weighted by molar-refractivity contribution is 0.112. The Morgan fingerprint density at radius 3 is 2.74 bits per heavy atom. The first kappa shape index (κ1) is 12.0. The second-order valence-electron chi connectivity index (χ2n) is 4.46. The van der Waals surface area contributed by atoms with Gasteiger partial charge in [0.1, 0.15) is 12.0 Å². The van der Waals surface area contributed by atoms with Crippen molar-refractivity contribution >= 4 is 28.9 Å². The molecule has 1 heterocycles. The average molecular weight is 271 g/mol. The molecule has 0 radical (unpaired) electrons. The van der Waals surface area contributed by atoms with E-state index in [1.807, 2.05) is 37.3 Å². The predicted octanol–water partition coefficient (Wildman–Crippen LogP) is 4.87. The third kappa shape index (κ3) is 2.04. The first-order valence-electron chi connectivity index (χ1n) is 5.93. The zero-order chi connectivity index (χ0) is 13.4. The highest BCUT2D eigenvalue weighted by Gasteiger charge is 2.11. The minimum atomic E-state index is 0.591. The van der Waals surface area contributed by atoms with Crippen molar-refractivity contribution in [2.24, 2.45) is 0 Å². The summed E-state index contributed by atoms with van der Waals surface area (Å²) in [5, 5.41) is 1.55. The van der Waals surface area contributed by atoms with E-state index in [-0.39, 0.29) is 0 Å². The van der Waals surface area contributed by atoms with Crippen LogP contribution in [0.2, 0.25) is 5.02 Å². The first-order valence-corrected chi connectivity index (χ1v) is 6.31. The second-order valence-corrected chi connectivity index (χ2v) is 4.87. The van der Waals surface area contributed by atoms with Gasteiger partial charge in [-0.1, -0.05) is 35.9 Å². The van der Waals surface area contributed by atoms with Crippen LogP contribution in [0.1, 0.15) is 15.9 Å². The van der Waals surface area contributed by atoms with Crippen LogP contribution in [0.3, 0.4) is 0 Å². The molecule has 94 valence electrons. The largest absolute Gasteiger partial charge is 0.455 e. The van der Waals surface area contributed by atoms with Crippen molar-refractivity contribution in [2.45, 2.75) is 6.92 Å². The van der Waals surface area contributed by atoms with Gasteiger partial charge < -0.3 is 4.42 Å². The zero-order valence-electron chi connectivity index (χ0n) is 10.3. The SMILES string of the molecule is Cc1ccc(C=O)cc1-c1cc2cccc(Cl)c2o1. The molecule has 0 saturated heterocycles. The Hall–Kier alpha value is -2.06. The smallest absolute Gasteiger partial charge is 0.153 e. The third-order valence-electron chi connectivity index (χ3n) is 3.16. The van der Waals surface area contributed by atoms with Crippen molar-refractivity contribution in [2.75, 3.05) is 0 Å². The summed E-state index contributed by atoms with van der Waals surface area (Å²) >= 11 is 6.11. The van der Waals surface area contributed by atoms with E-state index in [1.165, 1.54) is 0 Å². The molecule has 0 atom stereocenters. The van der Waals surface area contributed by atoms with Gasteiger partial charge in [-0.05, 0) is 30.7 Å². The summed E-state index contributed by atoms with van der Waals surface area (Å²) in [7, 11) is 0. The van der Waals surface area contributed by atoms with Crippen LogP contribution in [0.25, 0.3) is 22.3 Å². The Morgan fingerprint density at radius 1 is 1.16 bits per heavy atom. The summed E-state index contributed by atoms with van der Waals surface area (Å²) in [5.74, 6) is 0.726. The van der Waals surface area contributed by atoms with Gasteiger partial charge >= 0.3 is 0 Å². The van der Waals surface area contributed by atoms with E-state index in [9.17, 15) is 4.79 Å². The van der Waals surface area contributed by atoms with Gasteiger partial charge in [-0.2, -0.15) is 0 Å². The zero-order valence-corrected chi connectivity index (χ0v) is 11.1. The Morgan fingerprint density at radius 2 is 2.00 bits per heavy atom. The predicted molar refractivity (Wildman–Crippen MR) is 76.8 cm³/mol. The Kier molecular flexibility index (Phi) is 2.88. The molecule has 0 spiro atoms. The number of aryl methyl sites for hydroxylation is 1. The van der Waals surface area contributed by atoms with E-state index in [4.69, 9.17) is 16.0 Å². The van der Waals surface area contributed by atoms with Crippen LogP contribution in [0.5, 0.6) is 0 Å². The number of carbonyl (C=O) groups is 1. The van der Waals surface area contributed by atoms with Crippen LogP contribution in [-0.4, -0.2) is 6.29 Å². The second kappa shape index (κ2) is 4.56. The highest BCUT2D eigenvalue weighted by molar-refractivity contribution is 6.34. The number of rotatable bonds is 2. The molecule has 0 fully saturated rings. The molecule has 3 heteroatoms. The van der Waals surface area contributed by atoms with E-state index >= 15 is 0 Å². The maximum Gasteiger partial charge on any atom is 0.153 e. The molecular weight excluding hydrogens is 260 g/mol. The molecule has 0 aliphatic carbocycles. The van der Waals surface area contributed by atoms with Crippen molar-refractivity contribution in [1.29, 1.82) is 0 Å². The molecule has 19 heavy (non-hydrogen) atoms. The van der Waals surface area contributed by atoms with E-state index < -0.39 is 0 Å². The molecule has 0 bridgehead atoms. The molecule has 0 saturated carbocycles. The summed E-state index contributed by atoms with van der Waals surface area (Å²) < 4.78 is 5.82. The number of para-hydroxylation sites is 1. The van der Waals surface area contributed by atoms with E-state index in [2.05, 4.69) is 0 Å². The molecule has 3 aromatic rings. The van der Waals surface area contributed by atoms with Crippen LogP contribution in [-0.2, 0) is 0 Å². The molecule has 3 rings (SSSR count). The lowest BCUT2D eigenvalue weighted by atomic mass is 10.0. The third-order valence-corrected chi connectivity index (χ3v) is 3.46. The van der Waals surface area contributed by atoms with Crippen LogP contribution in [0.15, 0.2) is 46.9 Å². The summed E-state index contributed by atoms with van der Waals surface area (Å²) in [5.41, 5.74) is 3.28. The van der Waals surface area contributed by atoms with Crippen molar-refractivity contribution in [1.82, 2.24) is 0 Å². The molecule has 2 nitrogen and oxygen atoms in total. The number of fused-ring (bicyclic) bond motifs is 1. The van der Waals surface area contributed by atoms with E-state index in [1.54, 1.807) is 12.1 Å². The molecule has 0 N–H and O–H groups in total. The van der Waals surface area contributed by atoms with E-state index in [0.29, 0.717) is 16.2 Å². The number of halogens is 1. The number of carbonyl (C=O) groups excluding carboxylic acids is 1. The molecule has 1 aromatic heterocycles. The number of benzene rings is 2. The maximum absolute atomic E-state index is 10.9. The summed E-state index contributed by atoms with van der Waals surface area (Å²) in [4.78, 5) is 10.9. The fraction of sp³-hybridized carbons (Fsp3) is 0.0625. The lowest BCUT2D eigenvalue weighted by Gasteiger charge is -2.02. The average Bonchev–Trinajstić information content (AvgIpc) is 2.84. The van der Waals surface area contributed by atoms with Gasteiger partial charge in [-0.15, -0.1) is 0 Å². The van der Waals surface area contributed by atoms with E-state index in [0.717, 1.165) is 28.6 Å². The highest BCUT2D eigenvalue weighted by atomic mass is 35.5. The topological polar surface area (TPSA) is 30.2 Å². The van der Waals surface area contributed by atoms with Gasteiger partial charge in [-0.25, -0.2) is 0 Å². The quantitative estimate of drug-likeness (QED) is 0.622. The molecule has 2 aromatic carbocycles.